The molecule has 1 aromatic rings. The molecule has 1 aliphatic carbocycles. The Labute approximate surface area is 107 Å². The number of nitrogens with one attached hydrogen (secondary N) is 1. The summed E-state index contributed by atoms with van der Waals surface area (Å²) in [6, 6.07) is 2.36. The Balaban J connectivity index is 2.01. The first-order valence-electron chi connectivity index (χ1n) is 6.44. The van der Waals surface area contributed by atoms with Gasteiger partial charge in [0.05, 0.1) is 4.88 Å². The Hall–Kier alpha value is -0.830. The molecule has 1 N–H and O–H groups in total. The summed E-state index contributed by atoms with van der Waals surface area (Å²) in [5, 5.41) is 5.20. The zero-order valence-electron chi connectivity index (χ0n) is 10.8. The molecule has 0 saturated heterocycles. The predicted octanol–water partition coefficient (Wildman–Crippen LogP) is 3.61. The van der Waals surface area contributed by atoms with E-state index in [2.05, 4.69) is 19.2 Å². The van der Waals surface area contributed by atoms with E-state index in [4.69, 9.17) is 0 Å². The van der Waals surface area contributed by atoms with Gasteiger partial charge in [0.1, 0.15) is 0 Å². The number of aryl methyl sites for hydroxylation is 1. The van der Waals surface area contributed by atoms with Crippen molar-refractivity contribution in [2.24, 2.45) is 11.8 Å². The fourth-order valence-corrected chi connectivity index (χ4v) is 3.45. The minimum absolute atomic E-state index is 0.114. The second-order valence-electron chi connectivity index (χ2n) is 5.28. The van der Waals surface area contributed by atoms with E-state index in [1.807, 2.05) is 18.4 Å². The number of hydrogen-bond donors (Lipinski definition) is 1. The molecule has 1 aliphatic rings. The molecule has 0 bridgehead atoms. The molecule has 17 heavy (non-hydrogen) atoms. The van der Waals surface area contributed by atoms with E-state index < -0.39 is 0 Å². The Bertz CT molecular complexity index is 399. The minimum Gasteiger partial charge on any atom is -0.348 e. The summed E-state index contributed by atoms with van der Waals surface area (Å²) in [5.74, 6) is 1.43. The number of hydrogen-bond acceptors (Lipinski definition) is 2. The lowest BCUT2D eigenvalue weighted by Crippen LogP contribution is -2.43. The molecule has 1 fully saturated rings. The van der Waals surface area contributed by atoms with Crippen LogP contribution < -0.4 is 5.32 Å². The zero-order chi connectivity index (χ0) is 12.4. The van der Waals surface area contributed by atoms with Gasteiger partial charge >= 0.3 is 0 Å². The molecule has 3 atom stereocenters. The van der Waals surface area contributed by atoms with Crippen LogP contribution in [0.2, 0.25) is 0 Å². The van der Waals surface area contributed by atoms with Crippen LogP contribution in [0.4, 0.5) is 0 Å². The first-order valence-corrected chi connectivity index (χ1v) is 7.32. The van der Waals surface area contributed by atoms with Crippen molar-refractivity contribution < 1.29 is 4.79 Å². The molecule has 2 rings (SSSR count). The summed E-state index contributed by atoms with van der Waals surface area (Å²) in [6.45, 7) is 6.55. The third-order valence-corrected chi connectivity index (χ3v) is 5.11. The Morgan fingerprint density at radius 3 is 2.82 bits per heavy atom. The van der Waals surface area contributed by atoms with Crippen LogP contribution in [0.15, 0.2) is 11.4 Å². The SMILES string of the molecule is Cc1ccsc1C(=O)NC1CCCC(C)C1C. The molecule has 2 nitrogen and oxygen atoms in total. The average Bonchev–Trinajstić information content (AvgIpc) is 2.71. The molecule has 3 unspecified atom stereocenters. The van der Waals surface area contributed by atoms with Gasteiger partial charge in [0, 0.05) is 6.04 Å². The van der Waals surface area contributed by atoms with Crippen molar-refractivity contribution in [3.63, 3.8) is 0 Å². The van der Waals surface area contributed by atoms with Gasteiger partial charge in [0.2, 0.25) is 0 Å². The number of carbonyl (C=O) groups is 1. The highest BCUT2D eigenvalue weighted by molar-refractivity contribution is 7.12. The molecule has 1 saturated carbocycles. The van der Waals surface area contributed by atoms with Crippen LogP contribution in [-0.2, 0) is 0 Å². The standard InChI is InChI=1S/C14H21NOS/c1-9-5-4-6-12(11(9)3)15-14(16)13-10(2)7-8-17-13/h7-9,11-12H,4-6H2,1-3H3,(H,15,16). The van der Waals surface area contributed by atoms with Crippen molar-refractivity contribution in [1.82, 2.24) is 5.32 Å². The zero-order valence-corrected chi connectivity index (χ0v) is 11.6. The highest BCUT2D eigenvalue weighted by Crippen LogP contribution is 2.30. The summed E-state index contributed by atoms with van der Waals surface area (Å²) in [4.78, 5) is 13.0. The highest BCUT2D eigenvalue weighted by atomic mass is 32.1. The number of amides is 1. The topological polar surface area (TPSA) is 29.1 Å². The molecule has 3 heteroatoms. The van der Waals surface area contributed by atoms with Gasteiger partial charge in [-0.05, 0) is 42.2 Å². The lowest BCUT2D eigenvalue weighted by atomic mass is 9.78. The molecule has 0 aliphatic heterocycles. The maximum Gasteiger partial charge on any atom is 0.261 e. The summed E-state index contributed by atoms with van der Waals surface area (Å²) in [7, 11) is 0. The van der Waals surface area contributed by atoms with Gasteiger partial charge in [0.25, 0.3) is 5.91 Å². The maximum atomic E-state index is 12.1. The van der Waals surface area contributed by atoms with Crippen molar-refractivity contribution in [2.75, 3.05) is 0 Å². The molecule has 0 radical (unpaired) electrons. The quantitative estimate of drug-likeness (QED) is 0.854. The van der Waals surface area contributed by atoms with Gasteiger partial charge in [-0.2, -0.15) is 0 Å². The van der Waals surface area contributed by atoms with Gasteiger partial charge in [-0.25, -0.2) is 0 Å². The van der Waals surface area contributed by atoms with E-state index >= 15 is 0 Å². The lowest BCUT2D eigenvalue weighted by Gasteiger charge is -2.34. The van der Waals surface area contributed by atoms with Crippen molar-refractivity contribution in [2.45, 2.75) is 46.1 Å². The molecular weight excluding hydrogens is 230 g/mol. The fourth-order valence-electron chi connectivity index (χ4n) is 2.62. The molecule has 94 valence electrons. The maximum absolute atomic E-state index is 12.1. The fraction of sp³-hybridized carbons (Fsp3) is 0.643. The lowest BCUT2D eigenvalue weighted by molar-refractivity contribution is 0.0894. The third kappa shape index (κ3) is 2.71. The molecule has 1 heterocycles. The van der Waals surface area contributed by atoms with Crippen molar-refractivity contribution in [1.29, 1.82) is 0 Å². The van der Waals surface area contributed by atoms with Crippen molar-refractivity contribution in [3.8, 4) is 0 Å². The summed E-state index contributed by atoms with van der Waals surface area (Å²) in [6.07, 6.45) is 3.66. The Kier molecular flexibility index (Phi) is 3.87. The smallest absolute Gasteiger partial charge is 0.261 e. The summed E-state index contributed by atoms with van der Waals surface area (Å²) >= 11 is 1.54. The van der Waals surface area contributed by atoms with E-state index in [0.29, 0.717) is 12.0 Å². The van der Waals surface area contributed by atoms with Gasteiger partial charge < -0.3 is 5.32 Å². The molecular formula is C14H21NOS. The number of thiophene rings is 1. The average molecular weight is 251 g/mol. The predicted molar refractivity (Wildman–Crippen MR) is 72.5 cm³/mol. The van der Waals surface area contributed by atoms with E-state index in [-0.39, 0.29) is 5.91 Å². The second-order valence-corrected chi connectivity index (χ2v) is 6.20. The van der Waals surface area contributed by atoms with Crippen LogP contribution in [-0.4, -0.2) is 11.9 Å². The second kappa shape index (κ2) is 5.21. The van der Waals surface area contributed by atoms with E-state index in [1.165, 1.54) is 24.2 Å². The van der Waals surface area contributed by atoms with Crippen LogP contribution in [0, 0.1) is 18.8 Å². The molecule has 1 aromatic heterocycles. The van der Waals surface area contributed by atoms with Gasteiger partial charge in [-0.15, -0.1) is 11.3 Å². The first kappa shape index (κ1) is 12.6. The largest absolute Gasteiger partial charge is 0.348 e. The summed E-state index contributed by atoms with van der Waals surface area (Å²) in [5.41, 5.74) is 1.09. The highest BCUT2D eigenvalue weighted by Gasteiger charge is 2.28. The van der Waals surface area contributed by atoms with Gasteiger partial charge in [0.15, 0.2) is 0 Å². The van der Waals surface area contributed by atoms with Crippen molar-refractivity contribution >= 4 is 17.2 Å². The molecule has 1 amide bonds. The normalized spacial score (nSPS) is 29.0. The van der Waals surface area contributed by atoms with Gasteiger partial charge in [-0.1, -0.05) is 26.7 Å². The number of rotatable bonds is 2. The third-order valence-electron chi connectivity index (χ3n) is 4.09. The first-order chi connectivity index (χ1) is 8.09. The van der Waals surface area contributed by atoms with Crippen LogP contribution in [0.25, 0.3) is 0 Å². The van der Waals surface area contributed by atoms with E-state index in [0.717, 1.165) is 22.8 Å². The van der Waals surface area contributed by atoms with Crippen molar-refractivity contribution in [3.05, 3.63) is 21.9 Å². The van der Waals surface area contributed by atoms with Crippen LogP contribution in [0.1, 0.15) is 48.3 Å². The Morgan fingerprint density at radius 1 is 1.41 bits per heavy atom. The van der Waals surface area contributed by atoms with Crippen LogP contribution >= 0.6 is 11.3 Å². The van der Waals surface area contributed by atoms with Crippen LogP contribution in [0.3, 0.4) is 0 Å². The van der Waals surface area contributed by atoms with Gasteiger partial charge in [-0.3, -0.25) is 4.79 Å². The number of carbonyl (C=O) groups excluding carboxylic acids is 1. The molecule has 0 aromatic carbocycles. The Morgan fingerprint density at radius 2 is 2.18 bits per heavy atom. The monoisotopic (exact) mass is 251 g/mol. The van der Waals surface area contributed by atoms with E-state index in [1.54, 1.807) is 0 Å². The van der Waals surface area contributed by atoms with Crippen LogP contribution in [0.5, 0.6) is 0 Å². The molecule has 0 spiro atoms. The minimum atomic E-state index is 0.114. The summed E-state index contributed by atoms with van der Waals surface area (Å²) < 4.78 is 0. The van der Waals surface area contributed by atoms with E-state index in [9.17, 15) is 4.79 Å².